The van der Waals surface area contributed by atoms with Crippen LogP contribution >= 0.6 is 13.5 Å². The highest BCUT2D eigenvalue weighted by Crippen LogP contribution is 2.28. The minimum absolute atomic E-state index is 0. The van der Waals surface area contributed by atoms with Gasteiger partial charge in [0.2, 0.25) is 5.91 Å². The van der Waals surface area contributed by atoms with Crippen LogP contribution in [-0.4, -0.2) is 67.3 Å². The third-order valence-electron chi connectivity index (χ3n) is 6.87. The molecule has 0 saturated carbocycles. The normalized spacial score (nSPS) is 20.7. The zero-order chi connectivity index (χ0) is 22.1. The van der Waals surface area contributed by atoms with Crippen LogP contribution in [0.3, 0.4) is 0 Å². The van der Waals surface area contributed by atoms with Crippen LogP contribution in [0.4, 0.5) is 4.39 Å². The topological polar surface area (TPSA) is 65.0 Å². The fourth-order valence-electron chi connectivity index (χ4n) is 5.10. The van der Waals surface area contributed by atoms with Crippen molar-refractivity contribution in [2.45, 2.75) is 65.9 Å². The minimum atomic E-state index is -0.383. The first-order valence-corrected chi connectivity index (χ1v) is 11.8. The van der Waals surface area contributed by atoms with E-state index in [9.17, 15) is 14.4 Å². The maximum absolute atomic E-state index is 13.3. The second-order valence-corrected chi connectivity index (χ2v) is 9.14. The number of likely N-dealkylation sites (tertiary alicyclic amines) is 2. The molecule has 2 N–H and O–H groups in total. The molecule has 2 saturated heterocycles. The highest BCUT2D eigenvalue weighted by Gasteiger charge is 2.27. The van der Waals surface area contributed by atoms with E-state index in [-0.39, 0.29) is 52.1 Å². The fraction of sp³-hybridized carbons (Fsp3) is 0.731. The van der Waals surface area contributed by atoms with E-state index in [1.807, 2.05) is 5.48 Å². The Labute approximate surface area is 213 Å². The Morgan fingerprint density at radius 1 is 1.12 bits per heavy atom. The summed E-state index contributed by atoms with van der Waals surface area (Å²) in [6.45, 7) is 6.63. The Hall–Kier alpha value is -1.19. The molecule has 0 bridgehead atoms. The van der Waals surface area contributed by atoms with Crippen molar-refractivity contribution >= 4 is 19.4 Å². The number of rotatable bonds is 10. The number of hydrogen-bond donors (Lipinski definition) is 2. The van der Waals surface area contributed by atoms with E-state index in [0.717, 1.165) is 25.2 Å². The number of piperidine rings is 2. The van der Waals surface area contributed by atoms with Gasteiger partial charge < -0.3 is 14.5 Å². The Kier molecular flexibility index (Phi) is 16.7. The van der Waals surface area contributed by atoms with E-state index in [0.29, 0.717) is 18.8 Å². The molecule has 3 atom stereocenters. The zero-order valence-electron chi connectivity index (χ0n) is 19.3. The van der Waals surface area contributed by atoms with Gasteiger partial charge in [-0.25, -0.2) is 9.87 Å². The van der Waals surface area contributed by atoms with Crippen LogP contribution in [0.15, 0.2) is 24.3 Å². The number of carbonyl (C=O) groups is 1. The molecule has 198 valence electrons. The molecule has 1 aromatic carbocycles. The number of hydroxylamine groups is 1. The molecule has 0 aliphatic carbocycles. The molecule has 0 radical (unpaired) electrons. The monoisotopic (exact) mass is 501 g/mol. The number of carbonyl (C=O) groups excluding carboxylic acids is 1. The number of halogens is 1. The number of methoxy groups -OCH3 is 1. The largest absolute Gasteiger partial charge is 0.377 e. The van der Waals surface area contributed by atoms with Gasteiger partial charge in [0, 0.05) is 26.1 Å². The maximum Gasteiger partial charge on any atom is 0.246 e. The molecular formula is C26H48FN3O3S. The smallest absolute Gasteiger partial charge is 0.246 e. The van der Waals surface area contributed by atoms with Crippen molar-refractivity contribution in [3.63, 3.8) is 0 Å². The van der Waals surface area contributed by atoms with Gasteiger partial charge in [0.05, 0.1) is 6.10 Å². The Morgan fingerprint density at radius 2 is 1.76 bits per heavy atom. The van der Waals surface area contributed by atoms with Gasteiger partial charge in [-0.05, 0) is 88.3 Å². The average molecular weight is 502 g/mol. The number of amides is 1. The van der Waals surface area contributed by atoms with Crippen LogP contribution in [0.2, 0.25) is 0 Å². The summed E-state index contributed by atoms with van der Waals surface area (Å²) in [6.07, 6.45) is 7.27. The van der Waals surface area contributed by atoms with E-state index in [4.69, 9.17) is 4.74 Å². The second-order valence-electron chi connectivity index (χ2n) is 9.14. The number of nitrogens with zero attached hydrogens (tertiary/aromatic N) is 2. The summed E-state index contributed by atoms with van der Waals surface area (Å²) in [7, 11) is 1.60. The lowest BCUT2D eigenvalue weighted by Gasteiger charge is -2.37. The van der Waals surface area contributed by atoms with E-state index >= 15 is 0 Å². The maximum atomic E-state index is 13.3. The van der Waals surface area contributed by atoms with Gasteiger partial charge in [0.1, 0.15) is 5.82 Å². The average Bonchev–Trinajstić information content (AvgIpc) is 2.80. The summed E-state index contributed by atoms with van der Waals surface area (Å²) in [5.74, 6) is -0.358. The van der Waals surface area contributed by atoms with Crippen molar-refractivity contribution in [2.75, 3.05) is 46.4 Å². The highest BCUT2D eigenvalue weighted by atomic mass is 32.1. The zero-order valence-corrected chi connectivity index (χ0v) is 20.3. The minimum Gasteiger partial charge on any atom is -0.377 e. The van der Waals surface area contributed by atoms with Gasteiger partial charge in [0.25, 0.3) is 0 Å². The fourth-order valence-corrected chi connectivity index (χ4v) is 5.10. The molecule has 1 aromatic rings. The highest BCUT2D eigenvalue weighted by molar-refractivity contribution is 7.59. The van der Waals surface area contributed by atoms with Gasteiger partial charge in [0.15, 0.2) is 0 Å². The van der Waals surface area contributed by atoms with Crippen molar-refractivity contribution in [3.8, 4) is 0 Å². The molecule has 2 fully saturated rings. The summed E-state index contributed by atoms with van der Waals surface area (Å²) >= 11 is 0. The number of benzene rings is 1. The first kappa shape index (κ1) is 32.8. The lowest BCUT2D eigenvalue weighted by atomic mass is 9.92. The van der Waals surface area contributed by atoms with Crippen LogP contribution in [-0.2, 0) is 9.53 Å². The third-order valence-corrected chi connectivity index (χ3v) is 6.87. The predicted molar refractivity (Wildman–Crippen MR) is 142 cm³/mol. The van der Waals surface area contributed by atoms with Gasteiger partial charge in [-0.2, -0.15) is 13.5 Å². The molecule has 2 heterocycles. The van der Waals surface area contributed by atoms with E-state index in [2.05, 4.69) is 9.80 Å². The number of nitrogens with one attached hydrogen (secondary N) is 1. The second kappa shape index (κ2) is 17.3. The quantitative estimate of drug-likeness (QED) is 0.349. The molecule has 0 spiro atoms. The first-order valence-electron chi connectivity index (χ1n) is 11.8. The molecule has 8 heteroatoms. The van der Waals surface area contributed by atoms with Crippen LogP contribution in [0.5, 0.6) is 0 Å². The van der Waals surface area contributed by atoms with Crippen molar-refractivity contribution in [1.29, 1.82) is 0 Å². The molecule has 2 aliphatic rings. The van der Waals surface area contributed by atoms with Gasteiger partial charge in [-0.3, -0.25) is 10.0 Å². The standard InChI is InChI=1S/C24H38FN3O3.2CH4.H2S/c1-31-23(20-7-9-22(25)10-8-20)16-21(24(29)26-30)11-15-28-14-5-6-19(18-28)17-27-12-3-2-4-13-27;;;/h7-10,19,21,23,30H,2-6,11-18H2,1H3,(H,26,29);2*1H4;1H2/t19-,21+,23-;;;/m1.../s1. The molecule has 2 aliphatic heterocycles. The molecular weight excluding hydrogens is 453 g/mol. The summed E-state index contributed by atoms with van der Waals surface area (Å²) in [5, 5.41) is 9.25. The van der Waals surface area contributed by atoms with E-state index in [1.54, 1.807) is 19.2 Å². The Balaban J connectivity index is 0.00000363. The summed E-state index contributed by atoms with van der Waals surface area (Å²) in [5.41, 5.74) is 2.66. The lowest BCUT2D eigenvalue weighted by Crippen LogP contribution is -2.43. The van der Waals surface area contributed by atoms with Crippen LogP contribution < -0.4 is 5.48 Å². The first-order chi connectivity index (χ1) is 15.1. The van der Waals surface area contributed by atoms with Crippen molar-refractivity contribution < 1.29 is 19.1 Å². The van der Waals surface area contributed by atoms with Crippen LogP contribution in [0.1, 0.15) is 71.5 Å². The molecule has 6 nitrogen and oxygen atoms in total. The Morgan fingerprint density at radius 3 is 2.38 bits per heavy atom. The SMILES string of the molecule is C.C.CO[C@H](C[C@H](CCN1CCC[C@H](CN2CCCCC2)C1)C(=O)NO)c1ccc(F)cc1.S. The van der Waals surface area contributed by atoms with E-state index < -0.39 is 0 Å². The number of ether oxygens (including phenoxy) is 1. The molecule has 3 rings (SSSR count). The lowest BCUT2D eigenvalue weighted by molar-refractivity contribution is -0.135. The van der Waals surface area contributed by atoms with Crippen molar-refractivity contribution in [1.82, 2.24) is 15.3 Å². The van der Waals surface area contributed by atoms with Gasteiger partial charge >= 0.3 is 0 Å². The van der Waals surface area contributed by atoms with Gasteiger partial charge in [-0.15, -0.1) is 0 Å². The van der Waals surface area contributed by atoms with Crippen LogP contribution in [0.25, 0.3) is 0 Å². The molecule has 1 amide bonds. The predicted octanol–water partition coefficient (Wildman–Crippen LogP) is 5.00. The molecule has 34 heavy (non-hydrogen) atoms. The molecule has 0 aromatic heterocycles. The summed E-state index contributed by atoms with van der Waals surface area (Å²) in [4.78, 5) is 17.4. The Bertz CT molecular complexity index is 674. The van der Waals surface area contributed by atoms with Crippen molar-refractivity contribution in [2.24, 2.45) is 11.8 Å². The third kappa shape index (κ3) is 10.2. The molecule has 0 unspecified atom stereocenters. The van der Waals surface area contributed by atoms with E-state index in [1.165, 1.54) is 63.9 Å². The number of hydrogen-bond acceptors (Lipinski definition) is 5. The van der Waals surface area contributed by atoms with Crippen molar-refractivity contribution in [3.05, 3.63) is 35.6 Å². The van der Waals surface area contributed by atoms with Gasteiger partial charge in [-0.1, -0.05) is 33.4 Å². The van der Waals surface area contributed by atoms with Crippen LogP contribution in [0, 0.1) is 17.7 Å². The summed E-state index contributed by atoms with van der Waals surface area (Å²) < 4.78 is 18.9. The summed E-state index contributed by atoms with van der Waals surface area (Å²) in [6, 6.07) is 6.18.